The van der Waals surface area contributed by atoms with Gasteiger partial charge in [-0.25, -0.2) is 0 Å². The molecule has 5 nitrogen and oxygen atoms in total. The summed E-state index contributed by atoms with van der Waals surface area (Å²) in [4.78, 5) is 0. The standard InChI is InChI=1S/C13H21O5P/c1-16-19(15,17-2)11-13(8-14)10-18-9-12-6-4-3-5-7-12/h3-7,13-14H,8-11H2,1-2H3. The minimum atomic E-state index is -3.11. The number of ether oxygens (including phenoxy) is 1. The van der Waals surface area contributed by atoms with Crippen molar-refractivity contribution in [2.75, 3.05) is 33.6 Å². The molecule has 0 saturated heterocycles. The van der Waals surface area contributed by atoms with Gasteiger partial charge in [0.2, 0.25) is 0 Å². The van der Waals surface area contributed by atoms with Crippen LogP contribution in [0.1, 0.15) is 5.56 Å². The lowest BCUT2D eigenvalue weighted by atomic mass is 10.2. The summed E-state index contributed by atoms with van der Waals surface area (Å²) in [7, 11) is -0.432. The quantitative estimate of drug-likeness (QED) is 0.706. The molecule has 0 heterocycles. The van der Waals surface area contributed by atoms with Crippen LogP contribution in [0.2, 0.25) is 0 Å². The molecule has 19 heavy (non-hydrogen) atoms. The third-order valence-corrected chi connectivity index (χ3v) is 4.84. The average Bonchev–Trinajstić information content (AvgIpc) is 2.47. The van der Waals surface area contributed by atoms with E-state index in [0.717, 1.165) is 5.56 Å². The van der Waals surface area contributed by atoms with Gasteiger partial charge in [-0.15, -0.1) is 0 Å². The van der Waals surface area contributed by atoms with E-state index < -0.39 is 7.60 Å². The Hall–Kier alpha value is -0.710. The Morgan fingerprint density at radius 1 is 1.21 bits per heavy atom. The predicted molar refractivity (Wildman–Crippen MR) is 73.2 cm³/mol. The molecule has 1 aromatic rings. The van der Waals surface area contributed by atoms with Crippen LogP contribution >= 0.6 is 7.60 Å². The van der Waals surface area contributed by atoms with Crippen molar-refractivity contribution in [2.24, 2.45) is 5.92 Å². The molecule has 0 bridgehead atoms. The molecule has 0 aliphatic heterocycles. The van der Waals surface area contributed by atoms with Crippen molar-refractivity contribution in [3.05, 3.63) is 35.9 Å². The fourth-order valence-corrected chi connectivity index (χ4v) is 2.92. The molecular weight excluding hydrogens is 267 g/mol. The number of hydrogen-bond donors (Lipinski definition) is 1. The lowest BCUT2D eigenvalue weighted by Crippen LogP contribution is -2.19. The van der Waals surface area contributed by atoms with Crippen LogP contribution < -0.4 is 0 Å². The average molecular weight is 288 g/mol. The highest BCUT2D eigenvalue weighted by molar-refractivity contribution is 7.53. The number of hydrogen-bond acceptors (Lipinski definition) is 5. The highest BCUT2D eigenvalue weighted by Gasteiger charge is 2.26. The lowest BCUT2D eigenvalue weighted by Gasteiger charge is -2.19. The van der Waals surface area contributed by atoms with Crippen LogP contribution in [0, 0.1) is 5.92 Å². The first-order valence-corrected chi connectivity index (χ1v) is 7.79. The van der Waals surface area contributed by atoms with Crippen LogP contribution in [-0.2, 0) is 25.0 Å². The maximum atomic E-state index is 11.9. The van der Waals surface area contributed by atoms with Crippen molar-refractivity contribution >= 4 is 7.60 Å². The van der Waals surface area contributed by atoms with E-state index in [2.05, 4.69) is 0 Å². The van der Waals surface area contributed by atoms with Gasteiger partial charge in [0.15, 0.2) is 0 Å². The molecular formula is C13H21O5P. The van der Waals surface area contributed by atoms with Crippen molar-refractivity contribution < 1.29 is 23.5 Å². The van der Waals surface area contributed by atoms with Gasteiger partial charge in [-0.1, -0.05) is 30.3 Å². The first-order chi connectivity index (χ1) is 9.13. The zero-order valence-electron chi connectivity index (χ0n) is 11.3. The van der Waals surface area contributed by atoms with Gasteiger partial charge >= 0.3 is 7.60 Å². The Bertz CT molecular complexity index is 387. The largest absolute Gasteiger partial charge is 0.396 e. The third kappa shape index (κ3) is 5.85. The third-order valence-electron chi connectivity index (χ3n) is 2.76. The summed E-state index contributed by atoms with van der Waals surface area (Å²) in [6.45, 7) is 0.648. The van der Waals surface area contributed by atoms with Crippen molar-refractivity contribution in [1.29, 1.82) is 0 Å². The second-order valence-corrected chi connectivity index (χ2v) is 6.53. The van der Waals surface area contributed by atoms with Crippen LogP contribution in [0.4, 0.5) is 0 Å². The van der Waals surface area contributed by atoms with Crippen LogP contribution in [-0.4, -0.2) is 38.7 Å². The molecule has 1 atom stereocenters. The monoisotopic (exact) mass is 288 g/mol. The molecule has 0 aromatic heterocycles. The second-order valence-electron chi connectivity index (χ2n) is 4.21. The Labute approximate surface area is 114 Å². The molecule has 0 aliphatic rings. The van der Waals surface area contributed by atoms with Crippen LogP contribution in [0.5, 0.6) is 0 Å². The molecule has 108 valence electrons. The van der Waals surface area contributed by atoms with E-state index in [4.69, 9.17) is 13.8 Å². The minimum absolute atomic E-state index is 0.120. The maximum Gasteiger partial charge on any atom is 0.330 e. The fraction of sp³-hybridized carbons (Fsp3) is 0.538. The van der Waals surface area contributed by atoms with E-state index in [1.807, 2.05) is 30.3 Å². The number of aliphatic hydroxyl groups is 1. The van der Waals surface area contributed by atoms with Crippen LogP contribution in [0.25, 0.3) is 0 Å². The first kappa shape index (κ1) is 16.3. The Morgan fingerprint density at radius 3 is 2.37 bits per heavy atom. The van der Waals surface area contributed by atoms with E-state index in [9.17, 15) is 9.67 Å². The van der Waals surface area contributed by atoms with E-state index in [1.54, 1.807) is 0 Å². The normalized spacial score (nSPS) is 13.4. The molecule has 6 heteroatoms. The van der Waals surface area contributed by atoms with Crippen LogP contribution in [0.3, 0.4) is 0 Å². The summed E-state index contributed by atoms with van der Waals surface area (Å²) in [5.41, 5.74) is 1.06. The van der Waals surface area contributed by atoms with E-state index in [1.165, 1.54) is 14.2 Å². The van der Waals surface area contributed by atoms with Gasteiger partial charge in [0.25, 0.3) is 0 Å². The smallest absolute Gasteiger partial charge is 0.330 e. The van der Waals surface area contributed by atoms with Gasteiger partial charge in [-0.2, -0.15) is 0 Å². The van der Waals surface area contributed by atoms with Gasteiger partial charge in [0.05, 0.1) is 19.4 Å². The van der Waals surface area contributed by atoms with E-state index >= 15 is 0 Å². The Kier molecular flexibility index (Phi) is 7.28. The minimum Gasteiger partial charge on any atom is -0.396 e. The molecule has 0 radical (unpaired) electrons. The zero-order chi connectivity index (χ0) is 14.1. The van der Waals surface area contributed by atoms with Gasteiger partial charge in [0.1, 0.15) is 0 Å². The van der Waals surface area contributed by atoms with Crippen molar-refractivity contribution in [3.8, 4) is 0 Å². The summed E-state index contributed by atoms with van der Waals surface area (Å²) in [6, 6.07) is 9.73. The molecule has 1 aromatic carbocycles. The summed E-state index contributed by atoms with van der Waals surface area (Å²) in [5, 5.41) is 9.27. The zero-order valence-corrected chi connectivity index (χ0v) is 12.2. The maximum absolute atomic E-state index is 11.9. The highest BCUT2D eigenvalue weighted by atomic mass is 31.2. The van der Waals surface area contributed by atoms with Gasteiger partial charge in [-0.05, 0) is 5.56 Å². The van der Waals surface area contributed by atoms with Gasteiger partial charge < -0.3 is 18.9 Å². The second kappa shape index (κ2) is 8.46. The molecule has 1 rings (SSSR count). The number of benzene rings is 1. The molecule has 0 spiro atoms. The molecule has 0 fully saturated rings. The fourth-order valence-electron chi connectivity index (χ4n) is 1.62. The molecule has 1 N–H and O–H groups in total. The summed E-state index contributed by atoms with van der Waals surface area (Å²) in [6.07, 6.45) is 0.144. The topological polar surface area (TPSA) is 65.0 Å². The molecule has 0 saturated carbocycles. The first-order valence-electron chi connectivity index (χ1n) is 6.06. The van der Waals surface area contributed by atoms with Crippen molar-refractivity contribution in [2.45, 2.75) is 6.61 Å². The van der Waals surface area contributed by atoms with Gasteiger partial charge in [0, 0.05) is 26.7 Å². The SMILES string of the molecule is COP(=O)(CC(CO)COCc1ccccc1)OC. The summed E-state index contributed by atoms with van der Waals surface area (Å²) < 4.78 is 27.2. The van der Waals surface area contributed by atoms with E-state index in [0.29, 0.717) is 13.2 Å². The van der Waals surface area contributed by atoms with Crippen LogP contribution in [0.15, 0.2) is 30.3 Å². The van der Waals surface area contributed by atoms with Gasteiger partial charge in [-0.3, -0.25) is 4.57 Å². The summed E-state index contributed by atoms with van der Waals surface area (Å²) >= 11 is 0. The van der Waals surface area contributed by atoms with Crippen molar-refractivity contribution in [3.63, 3.8) is 0 Å². The predicted octanol–water partition coefficient (Wildman–Crippen LogP) is 2.30. The van der Waals surface area contributed by atoms with E-state index in [-0.39, 0.29) is 18.7 Å². The molecule has 0 aliphatic carbocycles. The molecule has 0 amide bonds. The molecule has 1 unspecified atom stereocenters. The van der Waals surface area contributed by atoms with Crippen molar-refractivity contribution in [1.82, 2.24) is 0 Å². The summed E-state index contributed by atoms with van der Waals surface area (Å²) in [5.74, 6) is -0.269. The number of rotatable bonds is 9. The highest BCUT2D eigenvalue weighted by Crippen LogP contribution is 2.47. The lowest BCUT2D eigenvalue weighted by molar-refractivity contribution is 0.0681. The Morgan fingerprint density at radius 2 is 1.84 bits per heavy atom. The Balaban J connectivity index is 2.39. The number of aliphatic hydroxyl groups excluding tert-OH is 1.